The summed E-state index contributed by atoms with van der Waals surface area (Å²) in [7, 11) is 0. The van der Waals surface area contributed by atoms with Gasteiger partial charge in [-0.25, -0.2) is 0 Å². The number of carbonyl (C=O) groups excluding carboxylic acids is 1. The van der Waals surface area contributed by atoms with Crippen molar-refractivity contribution in [3.05, 3.63) is 24.3 Å². The first-order chi connectivity index (χ1) is 31.1. The van der Waals surface area contributed by atoms with Crippen molar-refractivity contribution in [3.8, 4) is 0 Å². The summed E-state index contributed by atoms with van der Waals surface area (Å²) in [6.07, 6.45) is 67.7. The van der Waals surface area contributed by atoms with Crippen LogP contribution in [0, 0.1) is 0 Å². The SMILES string of the molecule is CCCCCCCCCCCCC/C=C/CC/C=C/CCCC(O)C(O)C(CO)NC(=O)CCCCCCCCCCCCCCCCCCCCCCCCCCCCCCC. The third-order valence-corrected chi connectivity index (χ3v) is 13.5. The molecule has 0 aliphatic heterocycles. The van der Waals surface area contributed by atoms with Gasteiger partial charge < -0.3 is 20.6 Å². The Hall–Kier alpha value is -1.17. The number of aliphatic hydroxyl groups is 3. The maximum absolute atomic E-state index is 12.5. The van der Waals surface area contributed by atoms with Gasteiger partial charge in [0.15, 0.2) is 0 Å². The molecule has 0 saturated heterocycles. The molecule has 0 saturated carbocycles. The number of amides is 1. The van der Waals surface area contributed by atoms with E-state index in [1.165, 1.54) is 244 Å². The quantitative estimate of drug-likeness (QED) is 0.0362. The highest BCUT2D eigenvalue weighted by Gasteiger charge is 2.26. The number of hydrogen-bond acceptors (Lipinski definition) is 4. The molecule has 5 heteroatoms. The molecule has 0 aromatic heterocycles. The van der Waals surface area contributed by atoms with Gasteiger partial charge in [0.2, 0.25) is 5.91 Å². The molecule has 63 heavy (non-hydrogen) atoms. The van der Waals surface area contributed by atoms with Crippen molar-refractivity contribution < 1.29 is 20.1 Å². The number of carbonyl (C=O) groups is 1. The van der Waals surface area contributed by atoms with Crippen LogP contribution in [0.5, 0.6) is 0 Å². The normalized spacial score (nSPS) is 13.4. The van der Waals surface area contributed by atoms with E-state index in [0.29, 0.717) is 12.8 Å². The van der Waals surface area contributed by atoms with Crippen LogP contribution in [0.15, 0.2) is 24.3 Å². The second-order valence-corrected chi connectivity index (χ2v) is 19.8. The predicted molar refractivity (Wildman–Crippen MR) is 278 cm³/mol. The van der Waals surface area contributed by atoms with E-state index in [2.05, 4.69) is 43.5 Å². The van der Waals surface area contributed by atoms with Crippen LogP contribution in [0.1, 0.15) is 316 Å². The van der Waals surface area contributed by atoms with Crippen molar-refractivity contribution in [2.75, 3.05) is 6.61 Å². The first-order valence-corrected chi connectivity index (χ1v) is 28.6. The standard InChI is InChI=1S/C58H113NO4/c1-3-5-7-9-11-13-15-17-19-21-23-25-26-27-28-29-30-31-32-33-35-37-39-41-43-45-47-49-51-53-57(62)59-55(54-60)58(63)56(61)52-50-48-46-44-42-40-38-36-34-24-22-20-18-16-14-12-10-8-6-4-2/h36,38,44,46,55-56,58,60-61,63H,3-35,37,39-43,45,47-54H2,1-2H3,(H,59,62)/b38-36+,46-44+. The van der Waals surface area contributed by atoms with Crippen LogP contribution in [-0.2, 0) is 4.79 Å². The predicted octanol–water partition coefficient (Wildman–Crippen LogP) is 17.7. The zero-order chi connectivity index (χ0) is 45.8. The van der Waals surface area contributed by atoms with E-state index in [9.17, 15) is 20.1 Å². The Morgan fingerprint density at radius 3 is 0.968 bits per heavy atom. The van der Waals surface area contributed by atoms with Crippen molar-refractivity contribution in [2.24, 2.45) is 0 Å². The molecule has 374 valence electrons. The molecule has 0 spiro atoms. The van der Waals surface area contributed by atoms with Gasteiger partial charge in [0.25, 0.3) is 0 Å². The summed E-state index contributed by atoms with van der Waals surface area (Å²) >= 11 is 0. The lowest BCUT2D eigenvalue weighted by molar-refractivity contribution is -0.124. The van der Waals surface area contributed by atoms with Gasteiger partial charge in [-0.3, -0.25) is 4.79 Å². The fraction of sp³-hybridized carbons (Fsp3) is 0.914. The molecule has 0 radical (unpaired) electrons. The number of nitrogens with one attached hydrogen (secondary N) is 1. The molecule has 0 fully saturated rings. The summed E-state index contributed by atoms with van der Waals surface area (Å²) in [6.45, 7) is 4.20. The van der Waals surface area contributed by atoms with Crippen molar-refractivity contribution in [1.82, 2.24) is 5.32 Å². The lowest BCUT2D eigenvalue weighted by Crippen LogP contribution is -2.50. The number of hydrogen-bond donors (Lipinski definition) is 4. The van der Waals surface area contributed by atoms with Crippen molar-refractivity contribution in [2.45, 2.75) is 334 Å². The summed E-state index contributed by atoms with van der Waals surface area (Å²) in [4.78, 5) is 12.5. The van der Waals surface area contributed by atoms with E-state index < -0.39 is 18.2 Å². The molecule has 3 unspecified atom stereocenters. The minimum atomic E-state index is -1.16. The van der Waals surface area contributed by atoms with Crippen LogP contribution in [0.25, 0.3) is 0 Å². The molecule has 5 nitrogen and oxygen atoms in total. The summed E-state index contributed by atoms with van der Waals surface area (Å²) in [5.74, 6) is -0.152. The Labute approximate surface area is 394 Å². The Morgan fingerprint density at radius 1 is 0.381 bits per heavy atom. The minimum Gasteiger partial charge on any atom is -0.394 e. The van der Waals surface area contributed by atoms with Gasteiger partial charge in [-0.2, -0.15) is 0 Å². The molecule has 4 N–H and O–H groups in total. The van der Waals surface area contributed by atoms with Crippen molar-refractivity contribution >= 4 is 5.91 Å². The van der Waals surface area contributed by atoms with Crippen molar-refractivity contribution in [3.63, 3.8) is 0 Å². The highest BCUT2D eigenvalue weighted by atomic mass is 16.3. The fourth-order valence-electron chi connectivity index (χ4n) is 9.12. The van der Waals surface area contributed by atoms with Crippen LogP contribution in [0.3, 0.4) is 0 Å². The van der Waals surface area contributed by atoms with Crippen LogP contribution in [0.2, 0.25) is 0 Å². The largest absolute Gasteiger partial charge is 0.394 e. The zero-order valence-electron chi connectivity index (χ0n) is 42.7. The molecule has 1 amide bonds. The van der Waals surface area contributed by atoms with Crippen LogP contribution in [-0.4, -0.2) is 46.1 Å². The average molecular weight is 889 g/mol. The van der Waals surface area contributed by atoms with Crippen molar-refractivity contribution in [1.29, 1.82) is 0 Å². The molecule has 0 heterocycles. The van der Waals surface area contributed by atoms with Gasteiger partial charge in [-0.05, 0) is 51.4 Å². The second kappa shape index (κ2) is 53.4. The number of aliphatic hydroxyl groups excluding tert-OH is 3. The van der Waals surface area contributed by atoms with Gasteiger partial charge in [0, 0.05) is 6.42 Å². The summed E-state index contributed by atoms with van der Waals surface area (Å²) < 4.78 is 0. The second-order valence-electron chi connectivity index (χ2n) is 19.8. The van der Waals surface area contributed by atoms with E-state index in [0.717, 1.165) is 44.9 Å². The Morgan fingerprint density at radius 2 is 0.651 bits per heavy atom. The minimum absolute atomic E-state index is 0.152. The summed E-state index contributed by atoms with van der Waals surface area (Å²) in [5, 5.41) is 33.7. The lowest BCUT2D eigenvalue weighted by atomic mass is 10.0. The van der Waals surface area contributed by atoms with Crippen LogP contribution < -0.4 is 5.32 Å². The summed E-state index contributed by atoms with van der Waals surface area (Å²) in [5.41, 5.74) is 0. The monoisotopic (exact) mass is 888 g/mol. The van der Waals surface area contributed by atoms with E-state index in [-0.39, 0.29) is 12.5 Å². The van der Waals surface area contributed by atoms with E-state index >= 15 is 0 Å². The molecule has 0 aliphatic rings. The van der Waals surface area contributed by atoms with Crippen LogP contribution >= 0.6 is 0 Å². The molecule has 0 aromatic rings. The van der Waals surface area contributed by atoms with E-state index in [4.69, 9.17) is 0 Å². The first kappa shape index (κ1) is 61.8. The molecule has 0 aromatic carbocycles. The number of allylic oxidation sites excluding steroid dienone is 4. The first-order valence-electron chi connectivity index (χ1n) is 28.6. The average Bonchev–Trinajstić information content (AvgIpc) is 3.29. The molecular weight excluding hydrogens is 775 g/mol. The number of rotatable bonds is 53. The van der Waals surface area contributed by atoms with Gasteiger partial charge in [-0.15, -0.1) is 0 Å². The Bertz CT molecular complexity index is 936. The number of unbranched alkanes of at least 4 members (excludes halogenated alkanes) is 41. The Balaban J connectivity index is 3.54. The van der Waals surface area contributed by atoms with Gasteiger partial charge >= 0.3 is 0 Å². The smallest absolute Gasteiger partial charge is 0.220 e. The summed E-state index contributed by atoms with van der Waals surface area (Å²) in [6, 6.07) is -0.830. The van der Waals surface area contributed by atoms with Gasteiger partial charge in [0.05, 0.1) is 18.8 Å². The van der Waals surface area contributed by atoms with Gasteiger partial charge in [-0.1, -0.05) is 282 Å². The lowest BCUT2D eigenvalue weighted by Gasteiger charge is -2.26. The highest BCUT2D eigenvalue weighted by Crippen LogP contribution is 2.18. The van der Waals surface area contributed by atoms with E-state index in [1.54, 1.807) is 0 Å². The topological polar surface area (TPSA) is 89.8 Å². The maximum atomic E-state index is 12.5. The molecule has 0 bridgehead atoms. The zero-order valence-corrected chi connectivity index (χ0v) is 42.7. The third-order valence-electron chi connectivity index (χ3n) is 13.5. The van der Waals surface area contributed by atoms with Crippen LogP contribution in [0.4, 0.5) is 0 Å². The highest BCUT2D eigenvalue weighted by molar-refractivity contribution is 5.76. The Kier molecular flexibility index (Phi) is 52.5. The molecule has 3 atom stereocenters. The molecular formula is C58H113NO4. The molecule has 0 aliphatic carbocycles. The maximum Gasteiger partial charge on any atom is 0.220 e. The fourth-order valence-corrected chi connectivity index (χ4v) is 9.12. The van der Waals surface area contributed by atoms with Gasteiger partial charge in [0.1, 0.15) is 6.10 Å². The van der Waals surface area contributed by atoms with E-state index in [1.807, 2.05) is 0 Å². The molecule has 0 rings (SSSR count). The third kappa shape index (κ3) is 48.6.